The monoisotopic (exact) mass is 334 g/mol. The molecule has 0 aromatic carbocycles. The molecule has 2 aliphatic rings. The van der Waals surface area contributed by atoms with Crippen molar-refractivity contribution in [3.8, 4) is 0 Å². The summed E-state index contributed by atoms with van der Waals surface area (Å²) in [6, 6.07) is 2.54. The van der Waals surface area contributed by atoms with Crippen LogP contribution >= 0.6 is 0 Å². The van der Waals surface area contributed by atoms with E-state index in [0.717, 1.165) is 36.1 Å². The van der Waals surface area contributed by atoms with Crippen molar-refractivity contribution in [2.75, 3.05) is 6.54 Å². The highest BCUT2D eigenvalue weighted by Crippen LogP contribution is 2.38. The van der Waals surface area contributed by atoms with Crippen LogP contribution in [-0.2, 0) is 25.7 Å². The number of nitrogens with zero attached hydrogens (tertiary/aromatic N) is 4. The molecule has 1 saturated carbocycles. The lowest BCUT2D eigenvalue weighted by molar-refractivity contribution is -0.141. The van der Waals surface area contributed by atoms with Crippen molar-refractivity contribution in [3.63, 3.8) is 0 Å². The molecule has 2 aromatic heterocycles. The quantitative estimate of drug-likeness (QED) is 0.863. The third-order valence-electron chi connectivity index (χ3n) is 4.51. The fraction of sp³-hybridized carbons (Fsp3) is 0.471. The third-order valence-corrected chi connectivity index (χ3v) is 4.51. The second-order valence-electron chi connectivity index (χ2n) is 6.48. The predicted octanol–water partition coefficient (Wildman–Crippen LogP) is 3.33. The minimum atomic E-state index is -4.39. The van der Waals surface area contributed by atoms with Crippen LogP contribution in [0.5, 0.6) is 0 Å². The molecule has 2 aromatic rings. The van der Waals surface area contributed by atoms with Crippen LogP contribution in [0.1, 0.15) is 47.1 Å². The van der Waals surface area contributed by atoms with Gasteiger partial charge in [-0.3, -0.25) is 9.88 Å². The van der Waals surface area contributed by atoms with Crippen LogP contribution in [-0.4, -0.2) is 26.4 Å². The molecule has 4 rings (SSSR count). The van der Waals surface area contributed by atoms with Crippen LogP contribution in [0.25, 0.3) is 0 Å². The first-order valence-corrected chi connectivity index (χ1v) is 8.08. The van der Waals surface area contributed by atoms with Crippen molar-refractivity contribution in [1.29, 1.82) is 0 Å². The largest absolute Gasteiger partial charge is 0.433 e. The van der Waals surface area contributed by atoms with E-state index in [1.807, 2.05) is 6.20 Å². The molecular weight excluding hydrogens is 317 g/mol. The Labute approximate surface area is 137 Å². The molecule has 3 heterocycles. The summed E-state index contributed by atoms with van der Waals surface area (Å²) in [5.41, 5.74) is 2.17. The first-order valence-electron chi connectivity index (χ1n) is 8.08. The number of pyridine rings is 1. The van der Waals surface area contributed by atoms with Gasteiger partial charge in [0.1, 0.15) is 11.5 Å². The van der Waals surface area contributed by atoms with E-state index in [2.05, 4.69) is 14.9 Å². The number of hydrogen-bond donors (Lipinski definition) is 0. The zero-order valence-electron chi connectivity index (χ0n) is 13.1. The molecule has 1 aliphatic heterocycles. The normalized spacial score (nSPS) is 18.5. The van der Waals surface area contributed by atoms with E-state index in [-0.39, 0.29) is 0 Å². The predicted molar refractivity (Wildman–Crippen MR) is 81.1 cm³/mol. The topological polar surface area (TPSA) is 41.9 Å². The second kappa shape index (κ2) is 5.81. The molecule has 7 heteroatoms. The Hall–Kier alpha value is -2.02. The van der Waals surface area contributed by atoms with Gasteiger partial charge in [0.05, 0.1) is 5.69 Å². The number of rotatable bonds is 3. The van der Waals surface area contributed by atoms with Gasteiger partial charge in [0.25, 0.3) is 0 Å². The zero-order valence-corrected chi connectivity index (χ0v) is 13.1. The number of hydrogen-bond acceptors (Lipinski definition) is 4. The van der Waals surface area contributed by atoms with E-state index < -0.39 is 11.9 Å². The Balaban J connectivity index is 1.45. The standard InChI is InChI=1S/C17H17F3N4/c18-17(19,20)15-4-1-11(7-21-15)9-24-6-5-13-8-22-16(12-2-3-12)23-14(13)10-24/h1,4,7-8,12H,2-3,5-6,9-10H2. The summed E-state index contributed by atoms with van der Waals surface area (Å²) in [7, 11) is 0. The van der Waals surface area contributed by atoms with Crippen molar-refractivity contribution in [3.05, 3.63) is 52.9 Å². The second-order valence-corrected chi connectivity index (χ2v) is 6.48. The highest BCUT2D eigenvalue weighted by molar-refractivity contribution is 5.23. The first kappa shape index (κ1) is 15.5. The summed E-state index contributed by atoms with van der Waals surface area (Å²) in [4.78, 5) is 14.9. The van der Waals surface area contributed by atoms with Gasteiger partial charge in [-0.1, -0.05) is 6.07 Å². The number of alkyl halides is 3. The van der Waals surface area contributed by atoms with Gasteiger partial charge in [-0.2, -0.15) is 13.2 Å². The van der Waals surface area contributed by atoms with Gasteiger partial charge in [-0.05, 0) is 36.5 Å². The molecule has 0 radical (unpaired) electrons. The Bertz CT molecular complexity index is 738. The molecule has 0 saturated heterocycles. The van der Waals surface area contributed by atoms with Crippen LogP contribution in [0.3, 0.4) is 0 Å². The van der Waals surface area contributed by atoms with Crippen molar-refractivity contribution in [1.82, 2.24) is 19.9 Å². The molecule has 0 atom stereocenters. The van der Waals surface area contributed by atoms with E-state index in [0.29, 0.717) is 19.0 Å². The Morgan fingerprint density at radius 3 is 2.62 bits per heavy atom. The van der Waals surface area contributed by atoms with Gasteiger partial charge < -0.3 is 0 Å². The SMILES string of the molecule is FC(F)(F)c1ccc(CN2CCc3cnc(C4CC4)nc3C2)cn1. The fourth-order valence-corrected chi connectivity index (χ4v) is 2.99. The molecule has 1 aliphatic carbocycles. The molecule has 126 valence electrons. The smallest absolute Gasteiger partial charge is 0.293 e. The van der Waals surface area contributed by atoms with Gasteiger partial charge in [0.2, 0.25) is 0 Å². The van der Waals surface area contributed by atoms with Crippen molar-refractivity contribution in [2.24, 2.45) is 0 Å². The van der Waals surface area contributed by atoms with E-state index in [1.165, 1.54) is 30.7 Å². The maximum Gasteiger partial charge on any atom is 0.433 e. The zero-order chi connectivity index (χ0) is 16.7. The maximum atomic E-state index is 12.6. The van der Waals surface area contributed by atoms with Gasteiger partial charge >= 0.3 is 6.18 Å². The molecular formula is C17H17F3N4. The summed E-state index contributed by atoms with van der Waals surface area (Å²) in [6.07, 6.45) is 2.06. The molecule has 24 heavy (non-hydrogen) atoms. The summed E-state index contributed by atoms with van der Waals surface area (Å²) >= 11 is 0. The van der Waals surface area contributed by atoms with Gasteiger partial charge in [-0.25, -0.2) is 9.97 Å². The van der Waals surface area contributed by atoms with Crippen LogP contribution in [0.4, 0.5) is 13.2 Å². The molecule has 0 bridgehead atoms. The minimum Gasteiger partial charge on any atom is -0.293 e. The number of halogens is 3. The highest BCUT2D eigenvalue weighted by Gasteiger charge is 2.32. The lowest BCUT2D eigenvalue weighted by Crippen LogP contribution is -2.31. The van der Waals surface area contributed by atoms with E-state index >= 15 is 0 Å². The highest BCUT2D eigenvalue weighted by atomic mass is 19.4. The average molecular weight is 334 g/mol. The summed E-state index contributed by atoms with van der Waals surface area (Å²) < 4.78 is 37.7. The Morgan fingerprint density at radius 2 is 1.96 bits per heavy atom. The van der Waals surface area contributed by atoms with Crippen LogP contribution in [0, 0.1) is 0 Å². The summed E-state index contributed by atoms with van der Waals surface area (Å²) in [6.45, 7) is 2.13. The van der Waals surface area contributed by atoms with Crippen LogP contribution in [0.15, 0.2) is 24.5 Å². The maximum absolute atomic E-state index is 12.6. The Kier molecular flexibility index (Phi) is 3.75. The van der Waals surface area contributed by atoms with Crippen molar-refractivity contribution < 1.29 is 13.2 Å². The molecule has 0 spiro atoms. The van der Waals surface area contributed by atoms with E-state index in [4.69, 9.17) is 4.98 Å². The lowest BCUT2D eigenvalue weighted by Gasteiger charge is -2.28. The summed E-state index contributed by atoms with van der Waals surface area (Å²) in [5.74, 6) is 1.46. The van der Waals surface area contributed by atoms with Gasteiger partial charge in [0.15, 0.2) is 0 Å². The Morgan fingerprint density at radius 1 is 1.12 bits per heavy atom. The molecule has 0 amide bonds. The third kappa shape index (κ3) is 3.26. The van der Waals surface area contributed by atoms with Gasteiger partial charge in [-0.15, -0.1) is 0 Å². The van der Waals surface area contributed by atoms with Gasteiger partial charge in [0, 0.05) is 37.9 Å². The fourth-order valence-electron chi connectivity index (χ4n) is 2.99. The lowest BCUT2D eigenvalue weighted by atomic mass is 10.1. The molecule has 1 fully saturated rings. The molecule has 4 nitrogen and oxygen atoms in total. The van der Waals surface area contributed by atoms with E-state index in [1.54, 1.807) is 0 Å². The van der Waals surface area contributed by atoms with Crippen LogP contribution < -0.4 is 0 Å². The average Bonchev–Trinajstić information content (AvgIpc) is 3.39. The van der Waals surface area contributed by atoms with E-state index in [9.17, 15) is 13.2 Å². The minimum absolute atomic E-state index is 0.518. The van der Waals surface area contributed by atoms with Crippen molar-refractivity contribution in [2.45, 2.75) is 44.4 Å². The molecule has 0 N–H and O–H groups in total. The van der Waals surface area contributed by atoms with Crippen LogP contribution in [0.2, 0.25) is 0 Å². The summed E-state index contributed by atoms with van der Waals surface area (Å²) in [5, 5.41) is 0. The number of fused-ring (bicyclic) bond motifs is 1. The first-order chi connectivity index (χ1) is 11.5. The van der Waals surface area contributed by atoms with Crippen molar-refractivity contribution >= 4 is 0 Å². The number of aromatic nitrogens is 3. The molecule has 0 unspecified atom stereocenters.